The maximum Gasteiger partial charge on any atom is 0.358 e. The highest BCUT2D eigenvalue weighted by Crippen LogP contribution is 2.33. The molecule has 0 saturated heterocycles. The third-order valence-corrected chi connectivity index (χ3v) is 2.43. The van der Waals surface area contributed by atoms with Crippen molar-refractivity contribution in [3.05, 3.63) is 30.0 Å². The second kappa shape index (κ2) is 5.55. The van der Waals surface area contributed by atoms with E-state index in [-0.39, 0.29) is 29.7 Å². The van der Waals surface area contributed by atoms with Gasteiger partial charge in [0.25, 0.3) is 0 Å². The van der Waals surface area contributed by atoms with Gasteiger partial charge in [0, 0.05) is 10.8 Å². The van der Waals surface area contributed by atoms with Crippen LogP contribution in [0, 0.1) is 0 Å². The van der Waals surface area contributed by atoms with Crippen molar-refractivity contribution < 1.29 is 19.4 Å². The van der Waals surface area contributed by atoms with Crippen LogP contribution in [0.25, 0.3) is 10.8 Å². The van der Waals surface area contributed by atoms with Crippen LogP contribution in [-0.4, -0.2) is 30.3 Å². The van der Waals surface area contributed by atoms with Crippen molar-refractivity contribution in [1.82, 2.24) is 4.98 Å². The van der Waals surface area contributed by atoms with E-state index in [4.69, 9.17) is 14.6 Å². The number of carboxylic acid groups (broad SMARTS) is 1. The summed E-state index contributed by atoms with van der Waals surface area (Å²) in [5.41, 5.74) is -0.150. The van der Waals surface area contributed by atoms with Gasteiger partial charge in [-0.15, -0.1) is 12.4 Å². The standard InChI is InChI=1S/C12H11NO4.ClH/c1-16-10-7-5-3-4-6-8(7)11(17-2)13-9(10)12(14)15;/h3-6H,1-2H3,(H,14,15);1H. The fourth-order valence-electron chi connectivity index (χ4n) is 1.71. The molecule has 0 atom stereocenters. The molecular weight excluding hydrogens is 258 g/mol. The average molecular weight is 270 g/mol. The Morgan fingerprint density at radius 1 is 1.17 bits per heavy atom. The number of hydrogen-bond donors (Lipinski definition) is 1. The highest BCUT2D eigenvalue weighted by atomic mass is 35.5. The number of nitrogens with zero attached hydrogens (tertiary/aromatic N) is 1. The summed E-state index contributed by atoms with van der Waals surface area (Å²) in [5, 5.41) is 10.5. The number of methoxy groups -OCH3 is 2. The molecule has 18 heavy (non-hydrogen) atoms. The zero-order valence-corrected chi connectivity index (χ0v) is 10.7. The minimum Gasteiger partial charge on any atom is -0.494 e. The molecule has 0 amide bonds. The fraction of sp³-hybridized carbons (Fsp3) is 0.167. The Labute approximate surface area is 110 Å². The van der Waals surface area contributed by atoms with Gasteiger partial charge >= 0.3 is 5.97 Å². The normalized spacial score (nSPS) is 9.67. The molecule has 1 N–H and O–H groups in total. The highest BCUT2D eigenvalue weighted by Gasteiger charge is 2.19. The van der Waals surface area contributed by atoms with Crippen molar-refractivity contribution in [1.29, 1.82) is 0 Å². The van der Waals surface area contributed by atoms with E-state index in [2.05, 4.69) is 4.98 Å². The number of halogens is 1. The van der Waals surface area contributed by atoms with Crippen LogP contribution < -0.4 is 9.47 Å². The number of aromatic carboxylic acids is 1. The van der Waals surface area contributed by atoms with Crippen molar-refractivity contribution in [3.8, 4) is 11.6 Å². The van der Waals surface area contributed by atoms with Gasteiger partial charge in [0.05, 0.1) is 14.2 Å². The molecule has 2 aromatic rings. The van der Waals surface area contributed by atoms with Gasteiger partial charge in [0.1, 0.15) is 0 Å². The van der Waals surface area contributed by atoms with E-state index in [0.717, 1.165) is 5.39 Å². The predicted molar refractivity (Wildman–Crippen MR) is 69.1 cm³/mol. The maximum absolute atomic E-state index is 11.1. The highest BCUT2D eigenvalue weighted by molar-refractivity contribution is 6.00. The molecule has 0 fully saturated rings. The first-order valence-electron chi connectivity index (χ1n) is 4.93. The topological polar surface area (TPSA) is 68.7 Å². The van der Waals surface area contributed by atoms with E-state index in [1.165, 1.54) is 14.2 Å². The number of ether oxygens (including phenoxy) is 2. The van der Waals surface area contributed by atoms with Gasteiger partial charge in [-0.3, -0.25) is 0 Å². The second-order valence-corrected chi connectivity index (χ2v) is 3.35. The number of fused-ring (bicyclic) bond motifs is 1. The summed E-state index contributed by atoms with van der Waals surface area (Å²) in [7, 11) is 2.87. The van der Waals surface area contributed by atoms with Crippen LogP contribution in [-0.2, 0) is 0 Å². The van der Waals surface area contributed by atoms with Crippen molar-refractivity contribution in [2.75, 3.05) is 14.2 Å². The summed E-state index contributed by atoms with van der Waals surface area (Å²) in [6, 6.07) is 7.20. The Bertz CT molecular complexity index is 586. The quantitative estimate of drug-likeness (QED) is 0.926. The third kappa shape index (κ3) is 2.17. The Hall–Kier alpha value is -2.01. The van der Waals surface area contributed by atoms with Gasteiger partial charge in [-0.05, 0) is 6.07 Å². The molecule has 2 rings (SSSR count). The van der Waals surface area contributed by atoms with E-state index < -0.39 is 5.97 Å². The van der Waals surface area contributed by atoms with Crippen LogP contribution in [0.15, 0.2) is 24.3 Å². The largest absolute Gasteiger partial charge is 0.494 e. The molecule has 1 aromatic heterocycles. The third-order valence-electron chi connectivity index (χ3n) is 2.43. The minimum absolute atomic E-state index is 0. The van der Waals surface area contributed by atoms with Crippen molar-refractivity contribution in [3.63, 3.8) is 0 Å². The molecule has 0 saturated carbocycles. The Morgan fingerprint density at radius 2 is 1.78 bits per heavy atom. The molecule has 0 radical (unpaired) electrons. The zero-order chi connectivity index (χ0) is 12.4. The number of carbonyl (C=O) groups is 1. The Morgan fingerprint density at radius 3 is 2.28 bits per heavy atom. The Balaban J connectivity index is 0.00000162. The predicted octanol–water partition coefficient (Wildman–Crippen LogP) is 2.37. The van der Waals surface area contributed by atoms with Crippen LogP contribution in [0.2, 0.25) is 0 Å². The average Bonchev–Trinajstić information content (AvgIpc) is 2.36. The summed E-state index contributed by atoms with van der Waals surface area (Å²) >= 11 is 0. The number of pyridine rings is 1. The zero-order valence-electron chi connectivity index (χ0n) is 9.84. The summed E-state index contributed by atoms with van der Waals surface area (Å²) in [6.07, 6.45) is 0. The Kier molecular flexibility index (Phi) is 4.33. The lowest BCUT2D eigenvalue weighted by Gasteiger charge is -2.11. The minimum atomic E-state index is -1.15. The molecule has 5 nitrogen and oxygen atoms in total. The van der Waals surface area contributed by atoms with E-state index in [9.17, 15) is 4.79 Å². The first-order valence-corrected chi connectivity index (χ1v) is 4.93. The smallest absolute Gasteiger partial charge is 0.358 e. The number of benzene rings is 1. The van der Waals surface area contributed by atoms with E-state index in [0.29, 0.717) is 5.39 Å². The SMILES string of the molecule is COc1nc(C(=O)O)c(OC)c2ccccc12.Cl. The first-order chi connectivity index (χ1) is 8.19. The van der Waals surface area contributed by atoms with Crippen LogP contribution in [0.1, 0.15) is 10.5 Å². The van der Waals surface area contributed by atoms with Crippen molar-refractivity contribution in [2.45, 2.75) is 0 Å². The summed E-state index contributed by atoms with van der Waals surface area (Å²) in [6.45, 7) is 0. The van der Waals surface area contributed by atoms with E-state index in [1.807, 2.05) is 6.07 Å². The molecule has 0 spiro atoms. The number of rotatable bonds is 3. The molecule has 6 heteroatoms. The molecule has 0 unspecified atom stereocenters. The lowest BCUT2D eigenvalue weighted by Crippen LogP contribution is -2.06. The van der Waals surface area contributed by atoms with Gasteiger partial charge < -0.3 is 14.6 Å². The molecule has 0 aliphatic carbocycles. The van der Waals surface area contributed by atoms with Crippen molar-refractivity contribution in [2.24, 2.45) is 0 Å². The molecule has 1 heterocycles. The summed E-state index contributed by atoms with van der Waals surface area (Å²) in [4.78, 5) is 15.0. The summed E-state index contributed by atoms with van der Waals surface area (Å²) in [5.74, 6) is -0.626. The van der Waals surface area contributed by atoms with E-state index in [1.54, 1.807) is 18.2 Å². The molecular formula is C12H12ClNO4. The fourth-order valence-corrected chi connectivity index (χ4v) is 1.71. The van der Waals surface area contributed by atoms with Gasteiger partial charge in [-0.1, -0.05) is 18.2 Å². The number of hydrogen-bond acceptors (Lipinski definition) is 4. The van der Waals surface area contributed by atoms with Crippen LogP contribution in [0.4, 0.5) is 0 Å². The van der Waals surface area contributed by atoms with E-state index >= 15 is 0 Å². The molecule has 0 bridgehead atoms. The number of aromatic nitrogens is 1. The second-order valence-electron chi connectivity index (χ2n) is 3.35. The molecule has 0 aliphatic rings. The van der Waals surface area contributed by atoms with Crippen LogP contribution in [0.3, 0.4) is 0 Å². The lowest BCUT2D eigenvalue weighted by atomic mass is 10.1. The van der Waals surface area contributed by atoms with Crippen molar-refractivity contribution >= 4 is 29.1 Å². The van der Waals surface area contributed by atoms with Crippen LogP contribution >= 0.6 is 12.4 Å². The summed E-state index contributed by atoms with van der Waals surface area (Å²) < 4.78 is 10.2. The molecule has 1 aromatic carbocycles. The number of carboxylic acids is 1. The van der Waals surface area contributed by atoms with Gasteiger partial charge in [0.2, 0.25) is 5.88 Å². The van der Waals surface area contributed by atoms with Gasteiger partial charge in [-0.2, -0.15) is 0 Å². The molecule has 96 valence electrons. The van der Waals surface area contributed by atoms with Gasteiger partial charge in [0.15, 0.2) is 11.4 Å². The lowest BCUT2D eigenvalue weighted by molar-refractivity contribution is 0.0686. The first kappa shape index (κ1) is 14.1. The maximum atomic E-state index is 11.1. The van der Waals surface area contributed by atoms with Gasteiger partial charge in [-0.25, -0.2) is 9.78 Å². The molecule has 0 aliphatic heterocycles. The van der Waals surface area contributed by atoms with Crippen LogP contribution in [0.5, 0.6) is 11.6 Å². The monoisotopic (exact) mass is 269 g/mol.